The molecule has 0 atom stereocenters. The number of hydrogen-bond acceptors (Lipinski definition) is 5. The first-order valence-corrected chi connectivity index (χ1v) is 8.51. The Kier molecular flexibility index (Phi) is 6.51. The van der Waals surface area contributed by atoms with Crippen molar-refractivity contribution in [2.45, 2.75) is 13.3 Å². The number of nitrogens with one attached hydrogen (secondary N) is 1. The Balaban J connectivity index is 1.87. The molecule has 1 aliphatic heterocycles. The standard InChI is InChI=1S/C15H24N4O2S/c1-3-16-15(17-7-6-14(20)21-2)19-10-8-18(9-11-19)13-5-4-12-22-13/h4-5,12H,3,6-11H2,1-2H3,(H,16,17). The minimum Gasteiger partial charge on any atom is -0.469 e. The fourth-order valence-corrected chi connectivity index (χ4v) is 3.15. The van der Waals surface area contributed by atoms with Crippen molar-refractivity contribution in [2.24, 2.45) is 4.99 Å². The van der Waals surface area contributed by atoms with Gasteiger partial charge in [0.2, 0.25) is 0 Å². The number of aliphatic imine (C=N–C) groups is 1. The molecule has 1 aromatic rings. The van der Waals surface area contributed by atoms with Crippen LogP contribution in [0.5, 0.6) is 0 Å². The van der Waals surface area contributed by atoms with Crippen molar-refractivity contribution >= 4 is 28.3 Å². The van der Waals surface area contributed by atoms with Crippen molar-refractivity contribution in [2.75, 3.05) is 51.3 Å². The number of thiophene rings is 1. The molecule has 7 heteroatoms. The van der Waals surface area contributed by atoms with Crippen LogP contribution in [0.4, 0.5) is 5.00 Å². The van der Waals surface area contributed by atoms with E-state index in [9.17, 15) is 4.79 Å². The molecule has 0 unspecified atom stereocenters. The number of piperazine rings is 1. The lowest BCUT2D eigenvalue weighted by molar-refractivity contribution is -0.140. The van der Waals surface area contributed by atoms with Gasteiger partial charge in [0, 0.05) is 32.7 Å². The van der Waals surface area contributed by atoms with E-state index < -0.39 is 0 Å². The van der Waals surface area contributed by atoms with Crippen LogP contribution in [0.3, 0.4) is 0 Å². The third-order valence-electron chi connectivity index (χ3n) is 3.54. The SMILES string of the molecule is CCNC(=NCCC(=O)OC)N1CCN(c2cccs2)CC1. The number of anilines is 1. The van der Waals surface area contributed by atoms with Crippen LogP contribution in [-0.4, -0.2) is 63.2 Å². The number of methoxy groups -OCH3 is 1. The molecule has 1 fully saturated rings. The molecular weight excluding hydrogens is 300 g/mol. The molecule has 6 nitrogen and oxygen atoms in total. The molecule has 0 aromatic carbocycles. The molecule has 0 radical (unpaired) electrons. The summed E-state index contributed by atoms with van der Waals surface area (Å²) in [6.45, 7) is 7.17. The number of rotatable bonds is 5. The topological polar surface area (TPSA) is 57.2 Å². The number of carbonyl (C=O) groups excluding carboxylic acids is 1. The van der Waals surface area contributed by atoms with Gasteiger partial charge >= 0.3 is 5.97 Å². The van der Waals surface area contributed by atoms with Crippen molar-refractivity contribution in [3.05, 3.63) is 17.5 Å². The summed E-state index contributed by atoms with van der Waals surface area (Å²) in [6.07, 6.45) is 0.320. The van der Waals surface area contributed by atoms with E-state index in [2.05, 4.69) is 49.3 Å². The highest BCUT2D eigenvalue weighted by Gasteiger charge is 2.20. The maximum atomic E-state index is 11.2. The first-order chi connectivity index (χ1) is 10.7. The van der Waals surface area contributed by atoms with E-state index in [1.165, 1.54) is 12.1 Å². The van der Waals surface area contributed by atoms with Crippen molar-refractivity contribution in [1.29, 1.82) is 0 Å². The Morgan fingerprint density at radius 2 is 2.18 bits per heavy atom. The Hall–Kier alpha value is -1.76. The van der Waals surface area contributed by atoms with Crippen molar-refractivity contribution in [3.8, 4) is 0 Å². The fraction of sp³-hybridized carbons (Fsp3) is 0.600. The van der Waals surface area contributed by atoms with E-state index in [-0.39, 0.29) is 5.97 Å². The van der Waals surface area contributed by atoms with Crippen molar-refractivity contribution in [3.63, 3.8) is 0 Å². The number of esters is 1. The van der Waals surface area contributed by atoms with Crippen LogP contribution >= 0.6 is 11.3 Å². The van der Waals surface area contributed by atoms with E-state index in [0.717, 1.165) is 38.7 Å². The summed E-state index contributed by atoms with van der Waals surface area (Å²) in [5, 5.41) is 6.74. The molecule has 22 heavy (non-hydrogen) atoms. The van der Waals surface area contributed by atoms with E-state index in [4.69, 9.17) is 0 Å². The first-order valence-electron chi connectivity index (χ1n) is 7.63. The Morgan fingerprint density at radius 1 is 1.41 bits per heavy atom. The molecule has 1 N–H and O–H groups in total. The fourth-order valence-electron chi connectivity index (χ4n) is 2.37. The summed E-state index contributed by atoms with van der Waals surface area (Å²) in [7, 11) is 1.40. The highest BCUT2D eigenvalue weighted by molar-refractivity contribution is 7.14. The zero-order valence-corrected chi connectivity index (χ0v) is 14.1. The summed E-state index contributed by atoms with van der Waals surface area (Å²) < 4.78 is 4.65. The van der Waals surface area contributed by atoms with Crippen LogP contribution in [-0.2, 0) is 9.53 Å². The van der Waals surface area contributed by atoms with Crippen LogP contribution in [0, 0.1) is 0 Å². The van der Waals surface area contributed by atoms with Crippen molar-refractivity contribution < 1.29 is 9.53 Å². The van der Waals surface area contributed by atoms with Gasteiger partial charge in [-0.05, 0) is 24.4 Å². The molecule has 122 valence electrons. The van der Waals surface area contributed by atoms with Gasteiger partial charge in [-0.3, -0.25) is 9.79 Å². The summed E-state index contributed by atoms with van der Waals surface area (Å²) in [6, 6.07) is 4.25. The number of nitrogens with zero attached hydrogens (tertiary/aromatic N) is 3. The van der Waals surface area contributed by atoms with Gasteiger partial charge in [-0.25, -0.2) is 0 Å². The largest absolute Gasteiger partial charge is 0.469 e. The average molecular weight is 324 g/mol. The summed E-state index contributed by atoms with van der Waals surface area (Å²) in [5.74, 6) is 0.666. The molecule has 2 heterocycles. The van der Waals surface area contributed by atoms with E-state index >= 15 is 0 Å². The smallest absolute Gasteiger partial charge is 0.307 e. The van der Waals surface area contributed by atoms with Gasteiger partial charge in [-0.2, -0.15) is 0 Å². The Morgan fingerprint density at radius 3 is 2.77 bits per heavy atom. The third-order valence-corrected chi connectivity index (χ3v) is 4.47. The molecule has 2 rings (SSSR count). The zero-order chi connectivity index (χ0) is 15.8. The molecule has 0 saturated carbocycles. The number of guanidine groups is 1. The van der Waals surface area contributed by atoms with Gasteiger partial charge in [0.15, 0.2) is 5.96 Å². The third kappa shape index (κ3) is 4.62. The number of ether oxygens (including phenoxy) is 1. The zero-order valence-electron chi connectivity index (χ0n) is 13.2. The lowest BCUT2D eigenvalue weighted by Crippen LogP contribution is -2.52. The van der Waals surface area contributed by atoms with Crippen molar-refractivity contribution in [1.82, 2.24) is 10.2 Å². The number of carbonyl (C=O) groups is 1. The highest BCUT2D eigenvalue weighted by atomic mass is 32.1. The quantitative estimate of drug-likeness (QED) is 0.504. The van der Waals surface area contributed by atoms with Gasteiger partial charge in [-0.15, -0.1) is 11.3 Å². The van der Waals surface area contributed by atoms with Gasteiger partial charge < -0.3 is 19.9 Å². The first kappa shape index (κ1) is 16.6. The lowest BCUT2D eigenvalue weighted by Gasteiger charge is -2.37. The molecule has 0 amide bonds. The predicted octanol–water partition coefficient (Wildman–Crippen LogP) is 1.40. The molecule has 0 bridgehead atoms. The van der Waals surface area contributed by atoms with E-state index in [0.29, 0.717) is 13.0 Å². The van der Waals surface area contributed by atoms with E-state index in [1.807, 2.05) is 0 Å². The Bertz CT molecular complexity index is 482. The van der Waals surface area contributed by atoms with Gasteiger partial charge in [0.25, 0.3) is 0 Å². The Labute approximate surface area is 135 Å². The maximum Gasteiger partial charge on any atom is 0.307 e. The summed E-state index contributed by atoms with van der Waals surface area (Å²) in [5.41, 5.74) is 0. The molecule has 1 aromatic heterocycles. The van der Waals surface area contributed by atoms with Gasteiger partial charge in [0.05, 0.1) is 25.1 Å². The monoisotopic (exact) mass is 324 g/mol. The van der Waals surface area contributed by atoms with Crippen LogP contribution in [0.15, 0.2) is 22.5 Å². The second kappa shape index (κ2) is 8.63. The second-order valence-corrected chi connectivity index (χ2v) is 5.91. The molecule has 1 aliphatic rings. The van der Waals surface area contributed by atoms with Gasteiger partial charge in [0.1, 0.15) is 0 Å². The summed E-state index contributed by atoms with van der Waals surface area (Å²) >= 11 is 1.78. The van der Waals surface area contributed by atoms with E-state index in [1.54, 1.807) is 11.3 Å². The molecule has 0 aliphatic carbocycles. The summed E-state index contributed by atoms with van der Waals surface area (Å²) in [4.78, 5) is 20.4. The van der Waals surface area contributed by atoms with Crippen LogP contribution in [0.25, 0.3) is 0 Å². The average Bonchev–Trinajstić information content (AvgIpc) is 3.08. The molecular formula is C15H24N4O2S. The predicted molar refractivity (Wildman–Crippen MR) is 90.7 cm³/mol. The molecule has 1 saturated heterocycles. The highest BCUT2D eigenvalue weighted by Crippen LogP contribution is 2.22. The second-order valence-electron chi connectivity index (χ2n) is 4.99. The van der Waals surface area contributed by atoms with Crippen LogP contribution < -0.4 is 10.2 Å². The van der Waals surface area contributed by atoms with Crippen LogP contribution in [0.2, 0.25) is 0 Å². The minimum atomic E-state index is -0.220. The minimum absolute atomic E-state index is 0.220. The van der Waals surface area contributed by atoms with Crippen LogP contribution in [0.1, 0.15) is 13.3 Å². The normalized spacial score (nSPS) is 15.8. The number of hydrogen-bond donors (Lipinski definition) is 1. The maximum absolute atomic E-state index is 11.2. The lowest BCUT2D eigenvalue weighted by atomic mass is 10.3. The molecule has 0 spiro atoms. The van der Waals surface area contributed by atoms with Gasteiger partial charge in [-0.1, -0.05) is 0 Å².